The van der Waals surface area contributed by atoms with Crippen LogP contribution in [0.1, 0.15) is 30.6 Å². The molecule has 6 nitrogen and oxygen atoms in total. The van der Waals surface area contributed by atoms with Gasteiger partial charge in [-0.1, -0.05) is 20.3 Å². The number of carbonyl (C=O) groups excluding carboxylic acids is 1. The molecule has 0 aliphatic carbocycles. The number of nitrogens with zero attached hydrogens (tertiary/aromatic N) is 1. The molecule has 1 aromatic carbocycles. The number of H-pyrrole nitrogens is 1. The minimum absolute atomic E-state index is 0.130. The molecule has 0 saturated carbocycles. The second-order valence-electron chi connectivity index (χ2n) is 4.85. The summed E-state index contributed by atoms with van der Waals surface area (Å²) in [4.78, 5) is 23.3. The lowest BCUT2D eigenvalue weighted by molar-refractivity contribution is -0.140. The van der Waals surface area contributed by atoms with Gasteiger partial charge in [0, 0.05) is 10.9 Å². The second-order valence-corrected chi connectivity index (χ2v) is 4.85. The lowest BCUT2D eigenvalue weighted by Crippen LogP contribution is -2.45. The Labute approximate surface area is 116 Å². The summed E-state index contributed by atoms with van der Waals surface area (Å²) in [5, 5.41) is 19.2. The van der Waals surface area contributed by atoms with Crippen LogP contribution in [0, 0.1) is 5.92 Å². The van der Waals surface area contributed by atoms with Gasteiger partial charge in [0.2, 0.25) is 0 Å². The number of aromatic nitrogens is 2. The molecule has 2 atom stereocenters. The van der Waals surface area contributed by atoms with Crippen molar-refractivity contribution in [3.05, 3.63) is 30.0 Å². The average Bonchev–Trinajstić information content (AvgIpc) is 2.90. The zero-order valence-electron chi connectivity index (χ0n) is 11.4. The number of rotatable bonds is 5. The van der Waals surface area contributed by atoms with Gasteiger partial charge >= 0.3 is 5.97 Å². The van der Waals surface area contributed by atoms with E-state index in [9.17, 15) is 14.7 Å². The molecule has 0 radical (unpaired) electrons. The summed E-state index contributed by atoms with van der Waals surface area (Å²) >= 11 is 0. The van der Waals surface area contributed by atoms with Crippen molar-refractivity contribution in [3.8, 4) is 0 Å². The first-order valence-electron chi connectivity index (χ1n) is 6.49. The third kappa shape index (κ3) is 2.79. The molecule has 0 fully saturated rings. The summed E-state index contributed by atoms with van der Waals surface area (Å²) in [6.45, 7) is 3.70. The van der Waals surface area contributed by atoms with Crippen LogP contribution in [0.2, 0.25) is 0 Å². The van der Waals surface area contributed by atoms with Gasteiger partial charge in [-0.3, -0.25) is 9.89 Å². The molecule has 3 N–H and O–H groups in total. The minimum atomic E-state index is -1.02. The average molecular weight is 275 g/mol. The first-order chi connectivity index (χ1) is 9.52. The van der Waals surface area contributed by atoms with E-state index in [4.69, 9.17) is 0 Å². The molecule has 1 heterocycles. The van der Waals surface area contributed by atoms with Crippen LogP contribution in [-0.4, -0.2) is 33.2 Å². The van der Waals surface area contributed by atoms with Crippen molar-refractivity contribution in [1.29, 1.82) is 0 Å². The number of hydrogen-bond donors (Lipinski definition) is 3. The van der Waals surface area contributed by atoms with E-state index in [1.165, 1.54) is 0 Å². The maximum Gasteiger partial charge on any atom is 0.326 e. The van der Waals surface area contributed by atoms with Crippen LogP contribution in [0.4, 0.5) is 0 Å². The van der Waals surface area contributed by atoms with E-state index in [0.29, 0.717) is 12.0 Å². The quantitative estimate of drug-likeness (QED) is 0.775. The van der Waals surface area contributed by atoms with Gasteiger partial charge in [0.05, 0.1) is 11.7 Å². The van der Waals surface area contributed by atoms with Crippen LogP contribution in [0.15, 0.2) is 24.4 Å². The van der Waals surface area contributed by atoms with Crippen molar-refractivity contribution >= 4 is 22.8 Å². The summed E-state index contributed by atoms with van der Waals surface area (Å²) in [5.74, 6) is -1.54. The summed E-state index contributed by atoms with van der Waals surface area (Å²) in [7, 11) is 0. The van der Waals surface area contributed by atoms with Gasteiger partial charge in [0.15, 0.2) is 0 Å². The van der Waals surface area contributed by atoms with Gasteiger partial charge in [-0.05, 0) is 24.1 Å². The van der Waals surface area contributed by atoms with Crippen molar-refractivity contribution in [1.82, 2.24) is 15.5 Å². The fourth-order valence-electron chi connectivity index (χ4n) is 1.99. The second kappa shape index (κ2) is 5.73. The molecule has 2 aromatic rings. The lowest BCUT2D eigenvalue weighted by atomic mass is 9.99. The smallest absolute Gasteiger partial charge is 0.326 e. The van der Waals surface area contributed by atoms with E-state index in [1.54, 1.807) is 31.3 Å². The summed E-state index contributed by atoms with van der Waals surface area (Å²) in [5.41, 5.74) is 1.26. The standard InChI is InChI=1S/C14H17N3O3/c1-3-8(2)12(14(19)20)16-13(18)9-4-5-11-10(6-9)7-15-17-11/h4-8,12H,3H2,1-2H3,(H,15,17)(H,16,18)(H,19,20)/t8-,12-/m0/s1. The molecule has 0 aliphatic rings. The Balaban J connectivity index is 2.19. The molecular formula is C14H17N3O3. The minimum Gasteiger partial charge on any atom is -0.480 e. The number of hydrogen-bond acceptors (Lipinski definition) is 3. The van der Waals surface area contributed by atoms with E-state index in [-0.39, 0.29) is 11.8 Å². The van der Waals surface area contributed by atoms with Crippen molar-refractivity contribution in [2.75, 3.05) is 0 Å². The maximum absolute atomic E-state index is 12.1. The van der Waals surface area contributed by atoms with Crippen molar-refractivity contribution in [2.45, 2.75) is 26.3 Å². The van der Waals surface area contributed by atoms with Crippen LogP contribution in [0.5, 0.6) is 0 Å². The fourth-order valence-corrected chi connectivity index (χ4v) is 1.99. The van der Waals surface area contributed by atoms with Gasteiger partial charge < -0.3 is 10.4 Å². The van der Waals surface area contributed by atoms with Crippen LogP contribution in [-0.2, 0) is 4.79 Å². The number of benzene rings is 1. The molecule has 1 amide bonds. The normalized spacial score (nSPS) is 13.9. The maximum atomic E-state index is 12.1. The highest BCUT2D eigenvalue weighted by Gasteiger charge is 2.25. The van der Waals surface area contributed by atoms with E-state index in [0.717, 1.165) is 10.9 Å². The first kappa shape index (κ1) is 14.0. The predicted octanol–water partition coefficient (Wildman–Crippen LogP) is 1.79. The summed E-state index contributed by atoms with van der Waals surface area (Å²) in [6.07, 6.45) is 2.30. The fraction of sp³-hybridized carbons (Fsp3) is 0.357. The lowest BCUT2D eigenvalue weighted by Gasteiger charge is -2.20. The number of carboxylic acid groups (broad SMARTS) is 1. The monoisotopic (exact) mass is 275 g/mol. The number of aromatic amines is 1. The SMILES string of the molecule is CC[C@H](C)[C@H](NC(=O)c1ccc2[nH]ncc2c1)C(=O)O. The molecule has 0 unspecified atom stereocenters. The first-order valence-corrected chi connectivity index (χ1v) is 6.49. The number of carboxylic acids is 1. The molecule has 0 saturated heterocycles. The van der Waals surface area contributed by atoms with Crippen molar-refractivity contribution in [2.24, 2.45) is 5.92 Å². The van der Waals surface area contributed by atoms with Crippen molar-refractivity contribution in [3.63, 3.8) is 0 Å². The topological polar surface area (TPSA) is 95.1 Å². The number of aliphatic carboxylic acids is 1. The largest absolute Gasteiger partial charge is 0.480 e. The van der Waals surface area contributed by atoms with Gasteiger partial charge in [0.25, 0.3) is 5.91 Å². The molecule has 6 heteroatoms. The molecule has 0 spiro atoms. The Hall–Kier alpha value is -2.37. The van der Waals surface area contributed by atoms with E-state index < -0.39 is 12.0 Å². The number of carbonyl (C=O) groups is 2. The van der Waals surface area contributed by atoms with E-state index in [2.05, 4.69) is 15.5 Å². The Bertz CT molecular complexity index is 635. The number of nitrogens with one attached hydrogen (secondary N) is 2. The van der Waals surface area contributed by atoms with Crippen molar-refractivity contribution < 1.29 is 14.7 Å². The number of amides is 1. The molecule has 1 aromatic heterocycles. The molecule has 20 heavy (non-hydrogen) atoms. The van der Waals surface area contributed by atoms with Crippen LogP contribution >= 0.6 is 0 Å². The van der Waals surface area contributed by atoms with E-state index in [1.807, 2.05) is 6.92 Å². The zero-order chi connectivity index (χ0) is 14.7. The predicted molar refractivity (Wildman–Crippen MR) is 74.4 cm³/mol. The van der Waals surface area contributed by atoms with Crippen LogP contribution in [0.25, 0.3) is 10.9 Å². The zero-order valence-corrected chi connectivity index (χ0v) is 11.4. The highest BCUT2D eigenvalue weighted by molar-refractivity contribution is 5.99. The summed E-state index contributed by atoms with van der Waals surface area (Å²) in [6, 6.07) is 4.19. The van der Waals surface area contributed by atoms with E-state index >= 15 is 0 Å². The van der Waals surface area contributed by atoms with Crippen LogP contribution < -0.4 is 5.32 Å². The molecule has 106 valence electrons. The van der Waals surface area contributed by atoms with Gasteiger partial charge in [-0.2, -0.15) is 5.10 Å². The Morgan fingerprint density at radius 3 is 2.85 bits per heavy atom. The van der Waals surface area contributed by atoms with Crippen LogP contribution in [0.3, 0.4) is 0 Å². The third-order valence-corrected chi connectivity index (χ3v) is 3.47. The van der Waals surface area contributed by atoms with Gasteiger partial charge in [-0.25, -0.2) is 4.79 Å². The van der Waals surface area contributed by atoms with Gasteiger partial charge in [-0.15, -0.1) is 0 Å². The molecular weight excluding hydrogens is 258 g/mol. The Kier molecular flexibility index (Phi) is 4.02. The van der Waals surface area contributed by atoms with Gasteiger partial charge in [0.1, 0.15) is 6.04 Å². The molecule has 0 aliphatic heterocycles. The summed E-state index contributed by atoms with van der Waals surface area (Å²) < 4.78 is 0. The Morgan fingerprint density at radius 2 is 2.20 bits per heavy atom. The third-order valence-electron chi connectivity index (χ3n) is 3.47. The molecule has 0 bridgehead atoms. The molecule has 2 rings (SSSR count). The highest BCUT2D eigenvalue weighted by atomic mass is 16.4. The Morgan fingerprint density at radius 1 is 1.45 bits per heavy atom. The highest BCUT2D eigenvalue weighted by Crippen LogP contribution is 2.14. The number of fused-ring (bicyclic) bond motifs is 1.